The van der Waals surface area contributed by atoms with Crippen molar-refractivity contribution < 1.29 is 23.8 Å². The maximum atomic E-state index is 6.31. The van der Waals surface area contributed by atoms with E-state index in [0.29, 0.717) is 23.7 Å². The maximum Gasteiger partial charge on any atom is 0.174 e. The molecular weight excluding hydrogens is 382 g/mol. The van der Waals surface area contributed by atoms with Gasteiger partial charge in [0, 0.05) is 36.3 Å². The monoisotopic (exact) mass is 419 g/mol. The normalized spacial score (nSPS) is 48.3. The van der Waals surface area contributed by atoms with E-state index in [9.17, 15) is 0 Å². The van der Waals surface area contributed by atoms with E-state index in [1.54, 1.807) is 7.11 Å². The van der Waals surface area contributed by atoms with Crippen molar-refractivity contribution in [2.45, 2.75) is 70.4 Å². The number of allylic oxidation sites excluding steroid dienone is 2. The van der Waals surface area contributed by atoms with Crippen molar-refractivity contribution in [1.82, 2.24) is 5.48 Å². The SMILES string of the molecule is CONC1=C[C@@H]2[C@H](CC[C@@]3(C)[C@H]2CCC32OCCO2)[C@@]2(C)CCC3(CC12)OCCO3. The van der Waals surface area contributed by atoms with E-state index in [-0.39, 0.29) is 16.6 Å². The molecule has 0 aromatic carbocycles. The number of hydroxylamine groups is 1. The molecule has 2 spiro atoms. The van der Waals surface area contributed by atoms with Gasteiger partial charge >= 0.3 is 0 Å². The summed E-state index contributed by atoms with van der Waals surface area (Å²) in [6.45, 7) is 7.88. The van der Waals surface area contributed by atoms with Gasteiger partial charge in [0.25, 0.3) is 0 Å². The Morgan fingerprint density at radius 1 is 0.900 bits per heavy atom. The first kappa shape index (κ1) is 20.0. The molecule has 3 saturated carbocycles. The first-order valence-corrected chi connectivity index (χ1v) is 12.0. The Hall–Kier alpha value is -0.660. The molecule has 2 aliphatic heterocycles. The van der Waals surface area contributed by atoms with Crippen LogP contribution in [0.15, 0.2) is 11.8 Å². The van der Waals surface area contributed by atoms with Crippen molar-refractivity contribution in [3.05, 3.63) is 11.8 Å². The predicted octanol–water partition coefficient (Wildman–Crippen LogP) is 3.77. The number of hydrogen-bond acceptors (Lipinski definition) is 6. The van der Waals surface area contributed by atoms with E-state index in [2.05, 4.69) is 25.4 Å². The largest absolute Gasteiger partial charge is 0.348 e. The van der Waals surface area contributed by atoms with Gasteiger partial charge in [0.1, 0.15) is 0 Å². The molecule has 6 nitrogen and oxygen atoms in total. The minimum absolute atomic E-state index is 0.0934. The molecular formula is C24H37NO5. The van der Waals surface area contributed by atoms with E-state index in [0.717, 1.165) is 52.1 Å². The lowest BCUT2D eigenvalue weighted by atomic mass is 9.46. The summed E-state index contributed by atoms with van der Waals surface area (Å²) < 4.78 is 24.9. The molecule has 6 atom stereocenters. The molecule has 0 radical (unpaired) electrons. The lowest BCUT2D eigenvalue weighted by molar-refractivity contribution is -0.248. The second-order valence-electron chi connectivity index (χ2n) is 11.0. The summed E-state index contributed by atoms with van der Waals surface area (Å²) in [6, 6.07) is 0. The minimum atomic E-state index is -0.391. The van der Waals surface area contributed by atoms with Gasteiger partial charge in [0.15, 0.2) is 11.6 Å². The topological polar surface area (TPSA) is 58.2 Å². The third-order valence-electron chi connectivity index (χ3n) is 10.1. The van der Waals surface area contributed by atoms with Gasteiger partial charge in [-0.1, -0.05) is 19.9 Å². The molecule has 4 aliphatic carbocycles. The van der Waals surface area contributed by atoms with Crippen molar-refractivity contribution in [1.29, 1.82) is 0 Å². The average molecular weight is 420 g/mol. The van der Waals surface area contributed by atoms with Gasteiger partial charge in [-0.3, -0.25) is 10.3 Å². The van der Waals surface area contributed by atoms with E-state index in [1.165, 1.54) is 25.0 Å². The van der Waals surface area contributed by atoms with Crippen molar-refractivity contribution in [3.63, 3.8) is 0 Å². The summed E-state index contributed by atoms with van der Waals surface area (Å²) >= 11 is 0. The zero-order valence-corrected chi connectivity index (χ0v) is 18.7. The molecule has 5 fully saturated rings. The fourth-order valence-corrected chi connectivity index (χ4v) is 8.58. The van der Waals surface area contributed by atoms with Gasteiger partial charge in [-0.25, -0.2) is 0 Å². The number of nitrogens with one attached hydrogen (secondary N) is 1. The molecule has 2 saturated heterocycles. The van der Waals surface area contributed by atoms with Crippen LogP contribution in [-0.2, 0) is 23.8 Å². The van der Waals surface area contributed by atoms with Crippen LogP contribution in [0.25, 0.3) is 0 Å². The third kappa shape index (κ3) is 2.49. The quantitative estimate of drug-likeness (QED) is 0.688. The van der Waals surface area contributed by atoms with E-state index < -0.39 is 5.79 Å². The van der Waals surface area contributed by atoms with Gasteiger partial charge in [0.2, 0.25) is 0 Å². The minimum Gasteiger partial charge on any atom is -0.348 e. The highest BCUT2D eigenvalue weighted by atomic mass is 16.7. The van der Waals surface area contributed by atoms with Crippen LogP contribution in [0.1, 0.15) is 58.8 Å². The zero-order chi connectivity index (χ0) is 20.6. The highest BCUT2D eigenvalue weighted by Gasteiger charge is 2.68. The molecule has 0 aromatic rings. The number of ether oxygens (including phenoxy) is 4. The first-order valence-electron chi connectivity index (χ1n) is 12.0. The van der Waals surface area contributed by atoms with Gasteiger partial charge in [-0.15, -0.1) is 0 Å². The Morgan fingerprint density at radius 2 is 1.60 bits per heavy atom. The van der Waals surface area contributed by atoms with Crippen LogP contribution in [0, 0.1) is 34.5 Å². The molecule has 0 bridgehead atoms. The summed E-state index contributed by atoms with van der Waals surface area (Å²) in [5.41, 5.74) is 4.85. The highest BCUT2D eigenvalue weighted by Crippen LogP contribution is 2.69. The van der Waals surface area contributed by atoms with Crippen molar-refractivity contribution in [3.8, 4) is 0 Å². The summed E-state index contributed by atoms with van der Waals surface area (Å²) in [6.07, 6.45) is 10.2. The molecule has 2 heterocycles. The van der Waals surface area contributed by atoms with Gasteiger partial charge in [-0.05, 0) is 48.9 Å². The van der Waals surface area contributed by atoms with Crippen LogP contribution in [0.3, 0.4) is 0 Å². The Kier molecular flexibility index (Phi) is 4.45. The fraction of sp³-hybridized carbons (Fsp3) is 0.917. The zero-order valence-electron chi connectivity index (χ0n) is 18.7. The lowest BCUT2D eigenvalue weighted by Gasteiger charge is -2.61. The average Bonchev–Trinajstić information content (AvgIpc) is 3.45. The van der Waals surface area contributed by atoms with Crippen LogP contribution in [-0.4, -0.2) is 45.1 Å². The maximum absolute atomic E-state index is 6.31. The van der Waals surface area contributed by atoms with E-state index in [1.807, 2.05) is 0 Å². The molecule has 6 heteroatoms. The summed E-state index contributed by atoms with van der Waals surface area (Å²) in [7, 11) is 1.72. The van der Waals surface area contributed by atoms with Crippen LogP contribution in [0.5, 0.6) is 0 Å². The molecule has 6 aliphatic rings. The number of hydrogen-bond donors (Lipinski definition) is 1. The Bertz CT molecular complexity index is 727. The smallest absolute Gasteiger partial charge is 0.174 e. The van der Waals surface area contributed by atoms with E-state index in [4.69, 9.17) is 23.8 Å². The third-order valence-corrected chi connectivity index (χ3v) is 10.1. The molecule has 30 heavy (non-hydrogen) atoms. The summed E-state index contributed by atoms with van der Waals surface area (Å²) in [5, 5.41) is 0. The van der Waals surface area contributed by atoms with Crippen LogP contribution in [0.4, 0.5) is 0 Å². The van der Waals surface area contributed by atoms with E-state index >= 15 is 0 Å². The number of rotatable bonds is 2. The predicted molar refractivity (Wildman–Crippen MR) is 110 cm³/mol. The van der Waals surface area contributed by atoms with Gasteiger partial charge < -0.3 is 18.9 Å². The lowest BCUT2D eigenvalue weighted by Crippen LogP contribution is -2.58. The standard InChI is InChI=1S/C24H37NO5/c1-21-8-9-23(27-10-11-28-23)15-19(21)20(25-26-3)14-16-17(21)4-6-22(2)18(16)5-7-24(22)29-12-13-30-24/h14,16-19,25H,4-13,15H2,1-3H3/t16-,17+,18+,19?,21-,22+/m1/s1. The molecule has 168 valence electrons. The molecule has 1 N–H and O–H groups in total. The number of fused-ring (bicyclic) bond motifs is 6. The summed E-state index contributed by atoms with van der Waals surface area (Å²) in [4.78, 5) is 5.49. The molecule has 6 rings (SSSR count). The molecule has 0 aromatic heterocycles. The second kappa shape index (κ2) is 6.67. The second-order valence-corrected chi connectivity index (χ2v) is 11.0. The Balaban J connectivity index is 1.38. The van der Waals surface area contributed by atoms with Crippen molar-refractivity contribution in [2.75, 3.05) is 33.5 Å². The fourth-order valence-electron chi connectivity index (χ4n) is 8.58. The van der Waals surface area contributed by atoms with Crippen LogP contribution >= 0.6 is 0 Å². The van der Waals surface area contributed by atoms with Crippen LogP contribution < -0.4 is 5.48 Å². The van der Waals surface area contributed by atoms with Crippen molar-refractivity contribution in [2.24, 2.45) is 34.5 Å². The van der Waals surface area contributed by atoms with Gasteiger partial charge in [0.05, 0.1) is 33.5 Å². The van der Waals surface area contributed by atoms with Crippen molar-refractivity contribution >= 4 is 0 Å². The Morgan fingerprint density at radius 3 is 2.33 bits per heavy atom. The summed E-state index contributed by atoms with van der Waals surface area (Å²) in [5.74, 6) is 1.44. The van der Waals surface area contributed by atoms with Gasteiger partial charge in [-0.2, -0.15) is 0 Å². The Labute approximate surface area is 179 Å². The van der Waals surface area contributed by atoms with Crippen LogP contribution in [0.2, 0.25) is 0 Å². The highest BCUT2D eigenvalue weighted by molar-refractivity contribution is 5.25. The molecule has 0 amide bonds. The first-order chi connectivity index (χ1) is 14.5. The molecule has 1 unspecified atom stereocenters.